The number of aliphatic hydroxyl groups excluding tert-OH is 1. The first-order valence-corrected chi connectivity index (χ1v) is 9.19. The molecule has 0 saturated carbocycles. The van der Waals surface area contributed by atoms with Crippen LogP contribution < -0.4 is 4.90 Å². The predicted molar refractivity (Wildman–Crippen MR) is 99.9 cm³/mol. The fourth-order valence-electron chi connectivity index (χ4n) is 3.35. The molecule has 1 fully saturated rings. The van der Waals surface area contributed by atoms with Gasteiger partial charge in [-0.2, -0.15) is 0 Å². The Hall–Kier alpha value is -2.41. The molecule has 2 aromatic heterocycles. The van der Waals surface area contributed by atoms with Crippen molar-refractivity contribution in [2.24, 2.45) is 13.0 Å². The molecule has 7 heteroatoms. The van der Waals surface area contributed by atoms with E-state index in [1.807, 2.05) is 36.9 Å². The Balaban J connectivity index is 1.68. The second-order valence-electron chi connectivity index (χ2n) is 6.82. The van der Waals surface area contributed by atoms with Crippen molar-refractivity contribution in [1.29, 1.82) is 0 Å². The summed E-state index contributed by atoms with van der Waals surface area (Å²) >= 11 is 0. The third kappa shape index (κ3) is 4.04. The van der Waals surface area contributed by atoms with E-state index in [-0.39, 0.29) is 12.5 Å². The van der Waals surface area contributed by atoms with Crippen LogP contribution in [0.15, 0.2) is 30.7 Å². The maximum absolute atomic E-state index is 12.8. The Kier molecular flexibility index (Phi) is 5.88. The zero-order valence-electron chi connectivity index (χ0n) is 15.5. The lowest BCUT2D eigenvalue weighted by molar-refractivity contribution is 0.0747. The van der Waals surface area contributed by atoms with E-state index >= 15 is 0 Å². The number of nitrogens with zero attached hydrogens (tertiary/aromatic N) is 5. The van der Waals surface area contributed by atoms with Gasteiger partial charge in [0.05, 0.1) is 12.1 Å². The van der Waals surface area contributed by atoms with Gasteiger partial charge in [0.2, 0.25) is 0 Å². The van der Waals surface area contributed by atoms with Gasteiger partial charge in [-0.1, -0.05) is 0 Å². The van der Waals surface area contributed by atoms with E-state index in [4.69, 9.17) is 0 Å². The minimum Gasteiger partial charge on any atom is -0.396 e. The molecule has 3 rings (SSSR count). The summed E-state index contributed by atoms with van der Waals surface area (Å²) < 4.78 is 1.92. The van der Waals surface area contributed by atoms with Gasteiger partial charge in [-0.15, -0.1) is 0 Å². The summed E-state index contributed by atoms with van der Waals surface area (Å²) in [6.45, 7) is 5.02. The molecule has 1 amide bonds. The van der Waals surface area contributed by atoms with Crippen LogP contribution in [0.3, 0.4) is 0 Å². The quantitative estimate of drug-likeness (QED) is 0.851. The van der Waals surface area contributed by atoms with Crippen LogP contribution in [0.1, 0.15) is 35.9 Å². The number of aliphatic hydroxyl groups is 1. The van der Waals surface area contributed by atoms with Crippen LogP contribution in [0.4, 0.5) is 5.82 Å². The SMILES string of the molecule is CCN(Cc1nccn1C)C(=O)c1ccc(N2CCCC(CO)C2)nc1. The summed E-state index contributed by atoms with van der Waals surface area (Å²) in [7, 11) is 1.93. The van der Waals surface area contributed by atoms with Crippen LogP contribution in [0.25, 0.3) is 0 Å². The second-order valence-corrected chi connectivity index (χ2v) is 6.82. The maximum atomic E-state index is 12.8. The van der Waals surface area contributed by atoms with Gasteiger partial charge >= 0.3 is 0 Å². The number of anilines is 1. The van der Waals surface area contributed by atoms with Gasteiger partial charge in [-0.05, 0) is 37.8 Å². The molecule has 2 aromatic rings. The standard InChI is InChI=1S/C19H27N5O2/c1-3-23(13-18-20-8-10-22(18)2)19(26)16-6-7-17(21-11-16)24-9-4-5-15(12-24)14-25/h6-8,10-11,15,25H,3-5,9,12-14H2,1-2H3. The number of amides is 1. The molecule has 0 bridgehead atoms. The lowest BCUT2D eigenvalue weighted by Gasteiger charge is -2.32. The van der Waals surface area contributed by atoms with Crippen LogP contribution in [-0.2, 0) is 13.6 Å². The zero-order valence-corrected chi connectivity index (χ0v) is 15.5. The van der Waals surface area contributed by atoms with E-state index in [1.165, 1.54) is 0 Å². The van der Waals surface area contributed by atoms with Crippen molar-refractivity contribution < 1.29 is 9.90 Å². The number of hydrogen-bond acceptors (Lipinski definition) is 5. The minimum absolute atomic E-state index is 0.0403. The highest BCUT2D eigenvalue weighted by Crippen LogP contribution is 2.21. The summed E-state index contributed by atoms with van der Waals surface area (Å²) in [5.74, 6) is 1.99. The first-order chi connectivity index (χ1) is 12.6. The van der Waals surface area contributed by atoms with E-state index in [9.17, 15) is 9.90 Å². The van der Waals surface area contributed by atoms with Crippen molar-refractivity contribution in [2.45, 2.75) is 26.3 Å². The number of carbonyl (C=O) groups excluding carboxylic acids is 1. The average Bonchev–Trinajstić information content (AvgIpc) is 3.10. The molecular weight excluding hydrogens is 330 g/mol. The van der Waals surface area contributed by atoms with E-state index in [1.54, 1.807) is 17.3 Å². The highest BCUT2D eigenvalue weighted by molar-refractivity contribution is 5.94. The van der Waals surface area contributed by atoms with Gasteiger partial charge in [0.15, 0.2) is 0 Å². The fourth-order valence-corrected chi connectivity index (χ4v) is 3.35. The predicted octanol–water partition coefficient (Wildman–Crippen LogP) is 1.69. The molecule has 0 aliphatic carbocycles. The maximum Gasteiger partial charge on any atom is 0.255 e. The van der Waals surface area contributed by atoms with E-state index in [0.29, 0.717) is 24.6 Å². The molecular formula is C19H27N5O2. The molecule has 1 atom stereocenters. The van der Waals surface area contributed by atoms with Crippen LogP contribution >= 0.6 is 0 Å². The number of aryl methyl sites for hydroxylation is 1. The Bertz CT molecular complexity index is 728. The zero-order chi connectivity index (χ0) is 18.5. The number of imidazole rings is 1. The summed E-state index contributed by atoms with van der Waals surface area (Å²) in [5, 5.41) is 9.38. The van der Waals surface area contributed by atoms with E-state index < -0.39 is 0 Å². The van der Waals surface area contributed by atoms with Crippen molar-refractivity contribution in [1.82, 2.24) is 19.4 Å². The molecule has 3 heterocycles. The summed E-state index contributed by atoms with van der Waals surface area (Å²) in [6.07, 6.45) is 7.38. The van der Waals surface area contributed by atoms with Gasteiger partial charge in [0, 0.05) is 51.9 Å². The number of piperidine rings is 1. The lowest BCUT2D eigenvalue weighted by Crippen LogP contribution is -2.37. The van der Waals surface area contributed by atoms with E-state index in [0.717, 1.165) is 37.6 Å². The average molecular weight is 357 g/mol. The molecule has 26 heavy (non-hydrogen) atoms. The number of pyridine rings is 1. The van der Waals surface area contributed by atoms with Crippen LogP contribution in [-0.4, -0.2) is 56.7 Å². The topological polar surface area (TPSA) is 74.5 Å². The molecule has 0 aromatic carbocycles. The third-order valence-corrected chi connectivity index (χ3v) is 5.02. The number of rotatable bonds is 6. The third-order valence-electron chi connectivity index (χ3n) is 5.02. The highest BCUT2D eigenvalue weighted by Gasteiger charge is 2.21. The summed E-state index contributed by atoms with van der Waals surface area (Å²) in [5.41, 5.74) is 0.584. The molecule has 1 saturated heterocycles. The van der Waals surface area contributed by atoms with Gasteiger partial charge in [-0.25, -0.2) is 9.97 Å². The van der Waals surface area contributed by atoms with Crippen LogP contribution in [0, 0.1) is 5.92 Å². The molecule has 1 aliphatic heterocycles. The largest absolute Gasteiger partial charge is 0.396 e. The lowest BCUT2D eigenvalue weighted by atomic mass is 9.99. The number of aromatic nitrogens is 3. The smallest absolute Gasteiger partial charge is 0.255 e. The van der Waals surface area contributed by atoms with Gasteiger partial charge in [0.25, 0.3) is 5.91 Å². The van der Waals surface area contributed by atoms with E-state index in [2.05, 4.69) is 14.9 Å². The molecule has 0 radical (unpaired) electrons. The Morgan fingerprint density at radius 2 is 2.23 bits per heavy atom. The van der Waals surface area contributed by atoms with Gasteiger partial charge in [0.1, 0.15) is 11.6 Å². The Labute approximate surface area is 154 Å². The summed E-state index contributed by atoms with van der Waals surface area (Å²) in [6, 6.07) is 3.75. The van der Waals surface area contributed by atoms with Crippen molar-refractivity contribution in [3.05, 3.63) is 42.1 Å². The summed E-state index contributed by atoms with van der Waals surface area (Å²) in [4.78, 5) is 25.5. The van der Waals surface area contributed by atoms with Crippen molar-refractivity contribution in [3.8, 4) is 0 Å². The second kappa shape index (κ2) is 8.31. The van der Waals surface area contributed by atoms with Crippen LogP contribution in [0.5, 0.6) is 0 Å². The van der Waals surface area contributed by atoms with Crippen molar-refractivity contribution >= 4 is 11.7 Å². The molecule has 1 unspecified atom stereocenters. The monoisotopic (exact) mass is 357 g/mol. The van der Waals surface area contributed by atoms with Gasteiger partial charge in [-0.3, -0.25) is 4.79 Å². The normalized spacial score (nSPS) is 17.3. The van der Waals surface area contributed by atoms with Crippen LogP contribution in [0.2, 0.25) is 0 Å². The fraction of sp³-hybridized carbons (Fsp3) is 0.526. The first kappa shape index (κ1) is 18.4. The number of hydrogen-bond donors (Lipinski definition) is 1. The highest BCUT2D eigenvalue weighted by atomic mass is 16.3. The van der Waals surface area contributed by atoms with Gasteiger partial charge < -0.3 is 19.5 Å². The first-order valence-electron chi connectivity index (χ1n) is 9.19. The molecule has 0 spiro atoms. The molecule has 7 nitrogen and oxygen atoms in total. The molecule has 140 valence electrons. The minimum atomic E-state index is -0.0403. The van der Waals surface area contributed by atoms with Crippen molar-refractivity contribution in [2.75, 3.05) is 31.1 Å². The Morgan fingerprint density at radius 1 is 1.38 bits per heavy atom. The Morgan fingerprint density at radius 3 is 2.85 bits per heavy atom. The molecule has 1 aliphatic rings. The van der Waals surface area contributed by atoms with Crippen molar-refractivity contribution in [3.63, 3.8) is 0 Å². The molecule has 1 N–H and O–H groups in total. The number of carbonyl (C=O) groups is 1.